The molecule has 0 aliphatic heterocycles. The Labute approximate surface area is 298 Å². The molecule has 3 aromatic rings. The average molecular weight is 759 g/mol. The Bertz CT molecular complexity index is 1610. The van der Waals surface area contributed by atoms with Crippen LogP contribution in [-0.4, -0.2) is 8.07 Å². The molecule has 3 aromatic carbocycles. The number of rotatable bonds is 11. The topological polar surface area (TPSA) is 3.24 Å². The molecule has 0 aromatic heterocycles. The van der Waals surface area contributed by atoms with Gasteiger partial charge in [-0.1, -0.05) is 117 Å². The number of hydrogen-bond acceptors (Lipinski definition) is 1. The van der Waals surface area contributed by atoms with E-state index in [9.17, 15) is 1.37 Å². The summed E-state index contributed by atoms with van der Waals surface area (Å²) in [4.78, 5) is 2.30. The van der Waals surface area contributed by atoms with Crippen LogP contribution >= 0.6 is 31.9 Å². The van der Waals surface area contributed by atoms with Gasteiger partial charge in [0.1, 0.15) is 0 Å². The van der Waals surface area contributed by atoms with Crippen molar-refractivity contribution >= 4 is 62.6 Å². The second kappa shape index (κ2) is 15.2. The molecule has 242 valence electrons. The molecule has 0 unspecified atom stereocenters. The molecular formula is C42H51Br2NSi. The zero-order valence-corrected chi connectivity index (χ0v) is 32.9. The lowest BCUT2D eigenvalue weighted by molar-refractivity contribution is 0.694. The maximum atomic E-state index is 9.50. The van der Waals surface area contributed by atoms with Crippen molar-refractivity contribution in [1.29, 1.82) is 0 Å². The first-order valence-electron chi connectivity index (χ1n) is 17.8. The fourth-order valence-corrected chi connectivity index (χ4v) is 14.3. The average Bonchev–Trinajstić information content (AvgIpc) is 3.39. The first kappa shape index (κ1) is 33.5. The molecule has 0 saturated heterocycles. The van der Waals surface area contributed by atoms with E-state index in [0.717, 1.165) is 68.9 Å². The SMILES string of the molecule is [2H]/C(CCC)=C(\C1=CC2=C(CCCC2)/C1=C\[Si](C(C)C)(C(C)C)C(C)C)c1ccc(N(c2ccc(Br)cc2)c2ccc(Br)cc2)cc1. The molecule has 0 saturated carbocycles. The molecule has 2 aliphatic rings. The summed E-state index contributed by atoms with van der Waals surface area (Å²) in [5.41, 5.74) is 16.2. The van der Waals surface area contributed by atoms with E-state index in [4.69, 9.17) is 0 Å². The van der Waals surface area contributed by atoms with E-state index >= 15 is 0 Å². The third kappa shape index (κ3) is 7.20. The number of anilines is 3. The minimum atomic E-state index is -1.85. The Morgan fingerprint density at radius 2 is 1.24 bits per heavy atom. The van der Waals surface area contributed by atoms with Crippen LogP contribution in [0.1, 0.15) is 93.9 Å². The summed E-state index contributed by atoms with van der Waals surface area (Å²) in [5.74, 6) is 0. The van der Waals surface area contributed by atoms with Crippen molar-refractivity contribution in [3.8, 4) is 0 Å². The molecule has 0 heterocycles. The fourth-order valence-electron chi connectivity index (χ4n) is 7.94. The zero-order chi connectivity index (χ0) is 33.9. The number of benzene rings is 3. The molecule has 1 nitrogen and oxygen atoms in total. The highest BCUT2D eigenvalue weighted by atomic mass is 79.9. The van der Waals surface area contributed by atoms with Gasteiger partial charge < -0.3 is 4.90 Å². The molecule has 5 rings (SSSR count). The highest BCUT2D eigenvalue weighted by Gasteiger charge is 2.42. The molecule has 4 heteroatoms. The fraction of sp³-hybridized carbons (Fsp3) is 0.381. The summed E-state index contributed by atoms with van der Waals surface area (Å²) in [6.07, 6.45) is 9.05. The summed E-state index contributed by atoms with van der Waals surface area (Å²) in [6.45, 7) is 17.0. The Morgan fingerprint density at radius 3 is 1.72 bits per heavy atom. The summed E-state index contributed by atoms with van der Waals surface area (Å²) in [7, 11) is -1.85. The number of nitrogens with zero attached hydrogens (tertiary/aromatic N) is 1. The summed E-state index contributed by atoms with van der Waals surface area (Å²) >= 11 is 7.22. The molecule has 0 fully saturated rings. The molecule has 0 amide bonds. The van der Waals surface area contributed by atoms with E-state index in [0.29, 0.717) is 16.6 Å². The van der Waals surface area contributed by atoms with E-state index in [2.05, 4.69) is 170 Å². The van der Waals surface area contributed by atoms with Gasteiger partial charge >= 0.3 is 0 Å². The number of hydrogen-bond donors (Lipinski definition) is 0. The van der Waals surface area contributed by atoms with Gasteiger partial charge in [-0.15, -0.1) is 0 Å². The van der Waals surface area contributed by atoms with Crippen molar-refractivity contribution in [3.63, 3.8) is 0 Å². The molecule has 46 heavy (non-hydrogen) atoms. The van der Waals surface area contributed by atoms with Gasteiger partial charge in [0, 0.05) is 26.0 Å². The molecule has 0 bridgehead atoms. The predicted octanol–water partition coefficient (Wildman–Crippen LogP) is 14.8. The van der Waals surface area contributed by atoms with Crippen LogP contribution in [0.4, 0.5) is 17.1 Å². The summed E-state index contributed by atoms with van der Waals surface area (Å²) in [6, 6.07) is 26.7. The quantitative estimate of drug-likeness (QED) is 0.176. The second-order valence-electron chi connectivity index (χ2n) is 13.9. The molecule has 0 radical (unpaired) electrons. The van der Waals surface area contributed by atoms with Crippen LogP contribution in [0.25, 0.3) is 5.57 Å². The largest absolute Gasteiger partial charge is 0.311 e. The van der Waals surface area contributed by atoms with E-state index in [1.165, 1.54) is 29.6 Å². The zero-order valence-electron chi connectivity index (χ0n) is 29.8. The van der Waals surface area contributed by atoms with Gasteiger partial charge in [0.2, 0.25) is 0 Å². The minimum absolute atomic E-state index is 0.644. The predicted molar refractivity (Wildman–Crippen MR) is 212 cm³/mol. The van der Waals surface area contributed by atoms with Crippen molar-refractivity contribution in [1.82, 2.24) is 0 Å². The third-order valence-electron chi connectivity index (χ3n) is 10.2. The highest BCUT2D eigenvalue weighted by molar-refractivity contribution is 9.10. The Morgan fingerprint density at radius 1 is 0.761 bits per heavy atom. The normalized spacial score (nSPS) is 17.1. The van der Waals surface area contributed by atoms with Crippen molar-refractivity contribution in [2.45, 2.75) is 104 Å². The van der Waals surface area contributed by atoms with Crippen molar-refractivity contribution in [2.24, 2.45) is 0 Å². The molecule has 0 atom stereocenters. The van der Waals surface area contributed by atoms with E-state index < -0.39 is 8.07 Å². The Kier molecular flexibility index (Phi) is 11.1. The lowest BCUT2D eigenvalue weighted by Crippen LogP contribution is -2.43. The number of allylic oxidation sites excluding steroid dienone is 7. The monoisotopic (exact) mass is 756 g/mol. The van der Waals surface area contributed by atoms with Gasteiger partial charge in [-0.2, -0.15) is 0 Å². The molecule has 0 spiro atoms. The maximum Gasteiger partial charge on any atom is 0.0861 e. The van der Waals surface area contributed by atoms with Crippen LogP contribution in [0.15, 0.2) is 122 Å². The standard InChI is InChI=1S/C42H51Br2NSi/c1-8-9-13-39(41-27-33-12-10-11-14-40(33)42(41)28-46(29(2)3,30(4)5)31(6)7)32-15-21-36(22-16-32)45(37-23-17-34(43)18-24-37)38-25-19-35(44)20-26-38/h13,15-31H,8-12,14H2,1-7H3/b39-13+,42-28+/i13D. The van der Waals surface area contributed by atoms with Crippen molar-refractivity contribution in [2.75, 3.05) is 4.90 Å². The summed E-state index contributed by atoms with van der Waals surface area (Å²) < 4.78 is 11.6. The van der Waals surface area contributed by atoms with Gasteiger partial charge in [0.15, 0.2) is 0 Å². The van der Waals surface area contributed by atoms with Gasteiger partial charge in [-0.05, 0) is 143 Å². The van der Waals surface area contributed by atoms with Crippen LogP contribution in [0.3, 0.4) is 0 Å². The van der Waals surface area contributed by atoms with Gasteiger partial charge in [-0.3, -0.25) is 0 Å². The smallest absolute Gasteiger partial charge is 0.0861 e. The Hall–Kier alpha value is -2.40. The van der Waals surface area contributed by atoms with Crippen LogP contribution in [-0.2, 0) is 0 Å². The third-order valence-corrected chi connectivity index (χ3v) is 18.1. The van der Waals surface area contributed by atoms with Crippen LogP contribution in [0.5, 0.6) is 0 Å². The second-order valence-corrected chi connectivity index (χ2v) is 21.5. The van der Waals surface area contributed by atoms with Crippen LogP contribution in [0.2, 0.25) is 16.6 Å². The summed E-state index contributed by atoms with van der Waals surface area (Å²) in [5, 5.41) is 0. The lowest BCUT2D eigenvalue weighted by Gasteiger charge is -2.41. The molecule has 2 aliphatic carbocycles. The van der Waals surface area contributed by atoms with Gasteiger partial charge in [-0.25, -0.2) is 0 Å². The molecular weight excluding hydrogens is 706 g/mol. The number of halogens is 2. The lowest BCUT2D eigenvalue weighted by atomic mass is 9.88. The first-order chi connectivity index (χ1) is 22.5. The van der Waals surface area contributed by atoms with Crippen LogP contribution < -0.4 is 4.90 Å². The van der Waals surface area contributed by atoms with Gasteiger partial charge in [0.05, 0.1) is 9.44 Å². The maximum absolute atomic E-state index is 9.50. The Balaban J connectivity index is 1.65. The van der Waals surface area contributed by atoms with Crippen molar-refractivity contribution in [3.05, 3.63) is 127 Å². The minimum Gasteiger partial charge on any atom is -0.311 e. The van der Waals surface area contributed by atoms with E-state index in [-0.39, 0.29) is 0 Å². The van der Waals surface area contributed by atoms with E-state index in [1.54, 1.807) is 5.57 Å². The highest BCUT2D eigenvalue weighted by Crippen LogP contribution is 2.50. The molecule has 0 N–H and O–H groups in total. The van der Waals surface area contributed by atoms with E-state index in [1.807, 2.05) is 0 Å². The van der Waals surface area contributed by atoms with Crippen molar-refractivity contribution < 1.29 is 1.37 Å². The van der Waals surface area contributed by atoms with Gasteiger partial charge in [0.25, 0.3) is 0 Å². The first-order valence-corrected chi connectivity index (χ1v) is 21.2. The van der Waals surface area contributed by atoms with Crippen LogP contribution in [0, 0.1) is 0 Å².